The van der Waals surface area contributed by atoms with Gasteiger partial charge in [-0.3, -0.25) is 9.69 Å². The largest absolute Gasteiger partial charge is 0.444 e. The Balaban J connectivity index is 2.23. The third kappa shape index (κ3) is 6.81. The highest BCUT2D eigenvalue weighted by Gasteiger charge is 2.31. The number of carbonyl (C=O) groups is 2. The van der Waals surface area contributed by atoms with Crippen LogP contribution in [0.4, 0.5) is 23.8 Å². The first-order valence-corrected chi connectivity index (χ1v) is 8.78. The van der Waals surface area contributed by atoms with Gasteiger partial charge in [-0.05, 0) is 44.9 Å². The molecule has 0 fully saturated rings. The Morgan fingerprint density at radius 2 is 2.03 bits per heavy atom. The van der Waals surface area contributed by atoms with Gasteiger partial charge in [-0.1, -0.05) is 17.3 Å². The molecule has 0 radical (unpaired) electrons. The van der Waals surface area contributed by atoms with Gasteiger partial charge in [-0.25, -0.2) is 4.79 Å². The van der Waals surface area contributed by atoms with Crippen LogP contribution in [0.2, 0.25) is 0 Å². The average Bonchev–Trinajstić information content (AvgIpc) is 3.13. The van der Waals surface area contributed by atoms with E-state index >= 15 is 0 Å². The molecule has 1 heterocycles. The van der Waals surface area contributed by atoms with E-state index in [4.69, 9.17) is 9.26 Å². The number of hydrogen-bond acceptors (Lipinski definition) is 5. The molecule has 0 saturated heterocycles. The molecule has 2 amide bonds. The second-order valence-electron chi connectivity index (χ2n) is 7.27. The third-order valence-corrected chi connectivity index (χ3v) is 3.81. The highest BCUT2D eigenvalue weighted by molar-refractivity contribution is 5.72. The van der Waals surface area contributed by atoms with Crippen LogP contribution in [-0.2, 0) is 15.7 Å². The minimum Gasteiger partial charge on any atom is -0.444 e. The molecule has 0 spiro atoms. The van der Waals surface area contributed by atoms with Gasteiger partial charge in [-0.2, -0.15) is 13.2 Å². The van der Waals surface area contributed by atoms with Crippen molar-refractivity contribution in [3.63, 3.8) is 0 Å². The van der Waals surface area contributed by atoms with Crippen molar-refractivity contribution in [1.29, 1.82) is 0 Å². The molecule has 2 aromatic rings. The van der Waals surface area contributed by atoms with Crippen LogP contribution in [0.25, 0.3) is 0 Å². The number of alkyl halides is 3. The maximum absolute atomic E-state index is 13.1. The Bertz CT molecular complexity index is 817. The van der Waals surface area contributed by atoms with Crippen molar-refractivity contribution in [3.05, 3.63) is 47.7 Å². The molecule has 1 aromatic carbocycles. The van der Waals surface area contributed by atoms with Crippen LogP contribution in [-0.4, -0.2) is 29.8 Å². The number of nitrogens with one attached hydrogen (secondary N) is 1. The Labute approximate surface area is 165 Å². The quantitative estimate of drug-likeness (QED) is 0.684. The van der Waals surface area contributed by atoms with Crippen LogP contribution in [0.1, 0.15) is 44.4 Å². The third-order valence-electron chi connectivity index (χ3n) is 3.81. The number of anilines is 1. The Morgan fingerprint density at radius 3 is 2.59 bits per heavy atom. The zero-order valence-corrected chi connectivity index (χ0v) is 16.2. The molecule has 0 aliphatic carbocycles. The van der Waals surface area contributed by atoms with E-state index in [-0.39, 0.29) is 24.3 Å². The summed E-state index contributed by atoms with van der Waals surface area (Å²) in [6, 6.07) is 5.27. The first-order chi connectivity index (χ1) is 13.5. The molecular formula is C19H22F3N3O4. The van der Waals surface area contributed by atoms with E-state index in [0.29, 0.717) is 6.41 Å². The van der Waals surface area contributed by atoms with Crippen LogP contribution in [0.5, 0.6) is 0 Å². The smallest absolute Gasteiger partial charge is 0.416 e. The lowest BCUT2D eigenvalue weighted by molar-refractivity contribution is -0.137. The van der Waals surface area contributed by atoms with Crippen molar-refractivity contribution < 1.29 is 32.0 Å². The highest BCUT2D eigenvalue weighted by atomic mass is 19.4. The fourth-order valence-electron chi connectivity index (χ4n) is 2.55. The van der Waals surface area contributed by atoms with E-state index in [1.807, 2.05) is 0 Å². The van der Waals surface area contributed by atoms with Gasteiger partial charge in [0.1, 0.15) is 11.9 Å². The maximum atomic E-state index is 13.1. The summed E-state index contributed by atoms with van der Waals surface area (Å²) in [7, 11) is 0. The lowest BCUT2D eigenvalue weighted by atomic mass is 10.0. The SMILES string of the molecule is CC(C)(C)OC(=O)NC(CCN(C=O)c1ccon1)c1cccc(C(F)(F)F)c1. The Kier molecular flexibility index (Phi) is 6.89. The molecule has 158 valence electrons. The molecule has 0 aliphatic rings. The summed E-state index contributed by atoms with van der Waals surface area (Å²) in [5.41, 5.74) is -1.38. The summed E-state index contributed by atoms with van der Waals surface area (Å²) in [6.07, 6.45) is -3.38. The molecule has 7 nitrogen and oxygen atoms in total. The van der Waals surface area contributed by atoms with Crippen LogP contribution < -0.4 is 10.2 Å². The number of hydrogen-bond donors (Lipinski definition) is 1. The van der Waals surface area contributed by atoms with Crippen LogP contribution in [0.3, 0.4) is 0 Å². The number of benzene rings is 1. The second-order valence-corrected chi connectivity index (χ2v) is 7.27. The summed E-state index contributed by atoms with van der Waals surface area (Å²) in [5, 5.41) is 6.23. The van der Waals surface area contributed by atoms with E-state index in [9.17, 15) is 22.8 Å². The van der Waals surface area contributed by atoms with Gasteiger partial charge in [0.05, 0.1) is 11.6 Å². The van der Waals surface area contributed by atoms with Crippen molar-refractivity contribution in [2.75, 3.05) is 11.4 Å². The first kappa shape index (κ1) is 22.3. The number of amides is 2. The summed E-state index contributed by atoms with van der Waals surface area (Å²) < 4.78 is 49.2. The molecule has 1 unspecified atom stereocenters. The van der Waals surface area contributed by atoms with E-state index in [1.54, 1.807) is 20.8 Å². The summed E-state index contributed by atoms with van der Waals surface area (Å²) in [4.78, 5) is 24.8. The van der Waals surface area contributed by atoms with E-state index < -0.39 is 29.5 Å². The number of nitrogens with zero attached hydrogens (tertiary/aromatic N) is 2. The van der Waals surface area contributed by atoms with Crippen LogP contribution in [0, 0.1) is 0 Å². The average molecular weight is 413 g/mol. The van der Waals surface area contributed by atoms with Gasteiger partial charge in [0.2, 0.25) is 6.41 Å². The predicted octanol–water partition coefficient (Wildman–Crippen LogP) is 4.31. The zero-order chi connectivity index (χ0) is 21.7. The molecule has 1 N–H and O–H groups in total. The lowest BCUT2D eigenvalue weighted by Crippen LogP contribution is -2.36. The van der Waals surface area contributed by atoms with Gasteiger partial charge in [-0.15, -0.1) is 0 Å². The summed E-state index contributed by atoms with van der Waals surface area (Å²) in [5.74, 6) is 0.250. The molecule has 1 aromatic heterocycles. The van der Waals surface area contributed by atoms with Crippen molar-refractivity contribution in [3.8, 4) is 0 Å². The standard InChI is InChI=1S/C19H22F3N3O4/c1-18(2,3)29-17(27)23-15(7-9-25(12-26)16-8-10-28-24-16)13-5-4-6-14(11-13)19(20,21)22/h4-6,8,10-12,15H,7,9H2,1-3H3,(H,23,27). The van der Waals surface area contributed by atoms with Crippen molar-refractivity contribution in [2.24, 2.45) is 0 Å². The van der Waals surface area contributed by atoms with Gasteiger partial charge >= 0.3 is 12.3 Å². The van der Waals surface area contributed by atoms with Crippen LogP contribution >= 0.6 is 0 Å². The topological polar surface area (TPSA) is 84.7 Å². The molecule has 0 saturated carbocycles. The molecule has 1 atom stereocenters. The lowest BCUT2D eigenvalue weighted by Gasteiger charge is -2.25. The fraction of sp³-hybridized carbons (Fsp3) is 0.421. The number of ether oxygens (including phenoxy) is 1. The minimum atomic E-state index is -4.53. The van der Waals surface area contributed by atoms with Gasteiger partial charge < -0.3 is 14.6 Å². The normalized spacial score (nSPS) is 12.9. The summed E-state index contributed by atoms with van der Waals surface area (Å²) in [6.45, 7) is 5.09. The molecule has 2 rings (SSSR count). The number of halogens is 3. The molecular weight excluding hydrogens is 391 g/mol. The molecule has 0 bridgehead atoms. The van der Waals surface area contributed by atoms with E-state index in [2.05, 4.69) is 10.5 Å². The minimum absolute atomic E-state index is 0.0761. The van der Waals surface area contributed by atoms with E-state index in [0.717, 1.165) is 12.1 Å². The van der Waals surface area contributed by atoms with Crippen LogP contribution in [0.15, 0.2) is 41.1 Å². The molecule has 0 aliphatic heterocycles. The van der Waals surface area contributed by atoms with Crippen molar-refractivity contribution in [2.45, 2.75) is 45.0 Å². The Morgan fingerprint density at radius 1 is 1.31 bits per heavy atom. The monoisotopic (exact) mass is 413 g/mol. The predicted molar refractivity (Wildman–Crippen MR) is 98.1 cm³/mol. The number of aromatic nitrogens is 1. The Hall–Kier alpha value is -3.04. The summed E-state index contributed by atoms with van der Waals surface area (Å²) >= 11 is 0. The number of rotatable bonds is 7. The van der Waals surface area contributed by atoms with Crippen molar-refractivity contribution >= 4 is 18.3 Å². The second kappa shape index (κ2) is 8.97. The first-order valence-electron chi connectivity index (χ1n) is 8.78. The maximum Gasteiger partial charge on any atom is 0.416 e. The van der Waals surface area contributed by atoms with Gasteiger partial charge in [0.15, 0.2) is 5.82 Å². The molecule has 29 heavy (non-hydrogen) atoms. The van der Waals surface area contributed by atoms with Gasteiger partial charge in [0.25, 0.3) is 0 Å². The highest BCUT2D eigenvalue weighted by Crippen LogP contribution is 2.31. The van der Waals surface area contributed by atoms with Gasteiger partial charge in [0, 0.05) is 12.6 Å². The fourth-order valence-corrected chi connectivity index (χ4v) is 2.55. The molecule has 10 heteroatoms. The number of carbonyl (C=O) groups excluding carboxylic acids is 2. The van der Waals surface area contributed by atoms with Crippen molar-refractivity contribution in [1.82, 2.24) is 10.5 Å². The van der Waals surface area contributed by atoms with E-state index in [1.165, 1.54) is 29.4 Å². The zero-order valence-electron chi connectivity index (χ0n) is 16.2. The number of alkyl carbamates (subject to hydrolysis) is 1.